The quantitative estimate of drug-likeness (QED) is 0.750. The highest BCUT2D eigenvalue weighted by atomic mass is 35.7. The van der Waals surface area contributed by atoms with Gasteiger partial charge in [-0.1, -0.05) is 0 Å². The molecule has 0 saturated heterocycles. The van der Waals surface area contributed by atoms with Crippen molar-refractivity contribution >= 4 is 19.7 Å². The second-order valence-electron chi connectivity index (χ2n) is 2.46. The van der Waals surface area contributed by atoms with E-state index in [1.54, 1.807) is 0 Å². The van der Waals surface area contributed by atoms with E-state index in [2.05, 4.69) is 0 Å². The van der Waals surface area contributed by atoms with Gasteiger partial charge in [-0.25, -0.2) is 21.6 Å². The molecule has 0 atom stereocenters. The third-order valence-electron chi connectivity index (χ3n) is 1.43. The van der Waals surface area contributed by atoms with Crippen LogP contribution in [0.5, 0.6) is 0 Å². The third kappa shape index (κ3) is 2.62. The Labute approximate surface area is 82.7 Å². The Balaban J connectivity index is 3.35. The molecule has 0 aliphatic carbocycles. The van der Waals surface area contributed by atoms with E-state index in [9.17, 15) is 21.6 Å². The maximum atomic E-state index is 12.7. The van der Waals surface area contributed by atoms with Crippen LogP contribution in [0.4, 0.5) is 13.2 Å². The van der Waals surface area contributed by atoms with Gasteiger partial charge in [0.2, 0.25) is 0 Å². The largest absolute Gasteiger partial charge is 0.263 e. The molecular weight excluding hydrogens is 241 g/mol. The summed E-state index contributed by atoms with van der Waals surface area (Å²) >= 11 is 0. The molecule has 0 heterocycles. The predicted molar refractivity (Wildman–Crippen MR) is 44.4 cm³/mol. The van der Waals surface area contributed by atoms with Crippen LogP contribution in [-0.4, -0.2) is 8.42 Å². The highest BCUT2D eigenvalue weighted by molar-refractivity contribution is 8.13. The molecule has 7 heteroatoms. The highest BCUT2D eigenvalue weighted by Crippen LogP contribution is 2.24. The van der Waals surface area contributed by atoms with E-state index in [1.165, 1.54) is 0 Å². The van der Waals surface area contributed by atoms with Crippen molar-refractivity contribution in [2.24, 2.45) is 0 Å². The minimum Gasteiger partial charge on any atom is -0.207 e. The Morgan fingerprint density at radius 2 is 1.79 bits per heavy atom. The van der Waals surface area contributed by atoms with Gasteiger partial charge < -0.3 is 0 Å². The lowest BCUT2D eigenvalue weighted by atomic mass is 10.2. The molecule has 14 heavy (non-hydrogen) atoms. The molecule has 0 fully saturated rings. The Hall–Kier alpha value is -0.750. The van der Waals surface area contributed by atoms with Crippen molar-refractivity contribution in [2.75, 3.05) is 0 Å². The second-order valence-corrected chi connectivity index (χ2v) is 5.02. The zero-order chi connectivity index (χ0) is 10.9. The molecule has 0 aliphatic rings. The molecule has 78 valence electrons. The fraction of sp³-hybridized carbons (Fsp3) is 0.143. The van der Waals surface area contributed by atoms with Gasteiger partial charge in [0.25, 0.3) is 15.5 Å². The van der Waals surface area contributed by atoms with Crippen molar-refractivity contribution in [1.82, 2.24) is 0 Å². The van der Waals surface area contributed by atoms with Crippen molar-refractivity contribution in [1.29, 1.82) is 0 Å². The lowest BCUT2D eigenvalue weighted by Gasteiger charge is -2.02. The molecule has 0 spiro atoms. The summed E-state index contributed by atoms with van der Waals surface area (Å²) < 4.78 is 58.3. The van der Waals surface area contributed by atoms with Crippen LogP contribution in [0.1, 0.15) is 12.0 Å². The fourth-order valence-electron chi connectivity index (χ4n) is 0.851. The standard InChI is InChI=1S/C7H4ClF3O2S/c8-14(12,13)6-2-4(7(10)11)1-5(9)3-6/h1-3,7H. The van der Waals surface area contributed by atoms with Crippen LogP contribution in [-0.2, 0) is 9.05 Å². The molecular formula is C7H4ClF3O2S. The van der Waals surface area contributed by atoms with E-state index in [-0.39, 0.29) is 0 Å². The van der Waals surface area contributed by atoms with Crippen LogP contribution >= 0.6 is 10.7 Å². The van der Waals surface area contributed by atoms with E-state index in [4.69, 9.17) is 10.7 Å². The first-order chi connectivity index (χ1) is 6.30. The maximum Gasteiger partial charge on any atom is 0.263 e. The van der Waals surface area contributed by atoms with Gasteiger partial charge in [-0.3, -0.25) is 0 Å². The fourth-order valence-corrected chi connectivity index (χ4v) is 1.65. The van der Waals surface area contributed by atoms with E-state index in [1.807, 2.05) is 0 Å². The third-order valence-corrected chi connectivity index (χ3v) is 2.76. The first-order valence-corrected chi connectivity index (χ1v) is 5.65. The summed E-state index contributed by atoms with van der Waals surface area (Å²) in [4.78, 5) is -0.672. The van der Waals surface area contributed by atoms with Gasteiger partial charge in [0, 0.05) is 16.2 Å². The Morgan fingerprint density at radius 1 is 1.21 bits per heavy atom. The van der Waals surface area contributed by atoms with Gasteiger partial charge in [0.15, 0.2) is 0 Å². The van der Waals surface area contributed by atoms with Crippen LogP contribution in [0.3, 0.4) is 0 Å². The van der Waals surface area contributed by atoms with E-state index >= 15 is 0 Å². The van der Waals surface area contributed by atoms with Gasteiger partial charge in [0.1, 0.15) is 5.82 Å². The zero-order valence-corrected chi connectivity index (χ0v) is 8.12. The van der Waals surface area contributed by atoms with Crippen LogP contribution < -0.4 is 0 Å². The molecule has 0 saturated carbocycles. The molecule has 1 aromatic carbocycles. The number of alkyl halides is 2. The summed E-state index contributed by atoms with van der Waals surface area (Å²) in [5, 5.41) is 0. The average Bonchev–Trinajstić information content (AvgIpc) is 2.01. The van der Waals surface area contributed by atoms with Gasteiger partial charge in [-0.2, -0.15) is 0 Å². The first-order valence-electron chi connectivity index (χ1n) is 3.34. The molecule has 1 aromatic rings. The molecule has 2 nitrogen and oxygen atoms in total. The van der Waals surface area contributed by atoms with Crippen molar-refractivity contribution in [3.63, 3.8) is 0 Å². The Morgan fingerprint density at radius 3 is 2.21 bits per heavy atom. The van der Waals surface area contributed by atoms with Crippen molar-refractivity contribution in [3.8, 4) is 0 Å². The predicted octanol–water partition coefficient (Wildman–Crippen LogP) is 2.69. The Bertz CT molecular complexity index is 444. The Kier molecular flexibility index (Phi) is 3.06. The number of hydrogen-bond acceptors (Lipinski definition) is 2. The summed E-state index contributed by atoms with van der Waals surface area (Å²) in [6.07, 6.45) is -2.94. The maximum absolute atomic E-state index is 12.7. The van der Waals surface area contributed by atoms with E-state index in [0.717, 1.165) is 0 Å². The summed E-state index contributed by atoms with van der Waals surface area (Å²) in [5.74, 6) is -1.07. The van der Waals surface area contributed by atoms with Gasteiger partial charge in [0.05, 0.1) is 4.90 Å². The summed E-state index contributed by atoms with van der Waals surface area (Å²) in [7, 11) is 0.685. The topological polar surface area (TPSA) is 34.1 Å². The number of rotatable bonds is 2. The lowest BCUT2D eigenvalue weighted by Crippen LogP contribution is -1.95. The van der Waals surface area contributed by atoms with Crippen LogP contribution in [0.25, 0.3) is 0 Å². The summed E-state index contributed by atoms with van der Waals surface area (Å²) in [6.45, 7) is 0. The van der Waals surface area contributed by atoms with Gasteiger partial charge in [-0.15, -0.1) is 0 Å². The second kappa shape index (κ2) is 3.78. The summed E-state index contributed by atoms with van der Waals surface area (Å²) in [5.41, 5.74) is -0.718. The van der Waals surface area contributed by atoms with Gasteiger partial charge >= 0.3 is 0 Å². The van der Waals surface area contributed by atoms with Crippen molar-refractivity contribution in [3.05, 3.63) is 29.6 Å². The molecule has 0 amide bonds. The molecule has 0 N–H and O–H groups in total. The first kappa shape index (κ1) is 11.3. The molecule has 0 radical (unpaired) electrons. The SMILES string of the molecule is O=S(=O)(Cl)c1cc(F)cc(C(F)F)c1. The number of halogens is 4. The van der Waals surface area contributed by atoms with Crippen LogP contribution in [0, 0.1) is 5.82 Å². The van der Waals surface area contributed by atoms with Crippen LogP contribution in [0.15, 0.2) is 23.1 Å². The zero-order valence-electron chi connectivity index (χ0n) is 6.55. The van der Waals surface area contributed by atoms with Crippen LogP contribution in [0.2, 0.25) is 0 Å². The minimum absolute atomic E-state index is 0.552. The van der Waals surface area contributed by atoms with E-state index < -0.39 is 31.8 Å². The van der Waals surface area contributed by atoms with Crippen molar-refractivity contribution < 1.29 is 21.6 Å². The molecule has 0 bridgehead atoms. The summed E-state index contributed by atoms with van der Waals surface area (Å²) in [6, 6.07) is 1.76. The lowest BCUT2D eigenvalue weighted by molar-refractivity contribution is 0.150. The normalized spacial score (nSPS) is 12.1. The highest BCUT2D eigenvalue weighted by Gasteiger charge is 2.16. The monoisotopic (exact) mass is 244 g/mol. The average molecular weight is 245 g/mol. The molecule has 0 aromatic heterocycles. The smallest absolute Gasteiger partial charge is 0.207 e. The molecule has 0 unspecified atom stereocenters. The van der Waals surface area contributed by atoms with E-state index in [0.29, 0.717) is 18.2 Å². The number of hydrogen-bond donors (Lipinski definition) is 0. The molecule has 1 rings (SSSR count). The van der Waals surface area contributed by atoms with Crippen molar-refractivity contribution in [2.45, 2.75) is 11.3 Å². The molecule has 0 aliphatic heterocycles. The number of benzene rings is 1. The van der Waals surface area contributed by atoms with Gasteiger partial charge in [-0.05, 0) is 18.2 Å². The minimum atomic E-state index is -4.18.